The van der Waals surface area contributed by atoms with Crippen molar-refractivity contribution in [2.24, 2.45) is 0 Å². The normalized spacial score (nSPS) is 10.3. The predicted molar refractivity (Wildman–Crippen MR) is 80.9 cm³/mol. The minimum atomic E-state index is -0.0516. The quantitative estimate of drug-likeness (QED) is 0.912. The molecule has 0 aliphatic rings. The second kappa shape index (κ2) is 6.56. The van der Waals surface area contributed by atoms with E-state index >= 15 is 0 Å². The van der Waals surface area contributed by atoms with Gasteiger partial charge in [0.15, 0.2) is 0 Å². The fraction of sp³-hybridized carbons (Fsp3) is 0.286. The second-order valence-electron chi connectivity index (χ2n) is 4.33. The Hall–Kier alpha value is -1.82. The van der Waals surface area contributed by atoms with Gasteiger partial charge in [-0.25, -0.2) is 0 Å². The number of rotatable bonds is 5. The van der Waals surface area contributed by atoms with Crippen molar-refractivity contribution in [3.8, 4) is 5.75 Å². The fourth-order valence-electron chi connectivity index (χ4n) is 1.78. The molecule has 0 saturated heterocycles. The summed E-state index contributed by atoms with van der Waals surface area (Å²) in [5, 5.41) is 7.03. The predicted octanol–water partition coefficient (Wildman–Crippen LogP) is 2.99. The molecule has 1 aromatic carbocycles. The summed E-state index contributed by atoms with van der Waals surface area (Å²) in [7, 11) is 1.60. The van der Waals surface area contributed by atoms with Crippen molar-refractivity contribution >= 4 is 27.5 Å². The number of carbonyl (C=O) groups excluding carboxylic acids is 1. The molecule has 2 rings (SSSR count). The van der Waals surface area contributed by atoms with Gasteiger partial charge < -0.3 is 10.1 Å². The minimum absolute atomic E-state index is 0.0516. The van der Waals surface area contributed by atoms with E-state index in [0.717, 1.165) is 21.6 Å². The minimum Gasteiger partial charge on any atom is -0.497 e. The van der Waals surface area contributed by atoms with Crippen molar-refractivity contribution in [2.75, 3.05) is 12.4 Å². The Balaban J connectivity index is 1.90. The van der Waals surface area contributed by atoms with Gasteiger partial charge in [0.05, 0.1) is 24.3 Å². The Morgan fingerprint density at radius 1 is 1.50 bits per heavy atom. The number of nitrogens with one attached hydrogen (secondary N) is 1. The molecular formula is C14H16BrN3O2. The highest BCUT2D eigenvalue weighted by Gasteiger charge is 2.07. The van der Waals surface area contributed by atoms with Gasteiger partial charge in [-0.2, -0.15) is 5.10 Å². The Labute approximate surface area is 126 Å². The number of carbonyl (C=O) groups is 1. The van der Waals surface area contributed by atoms with E-state index in [1.165, 1.54) is 0 Å². The molecule has 0 saturated carbocycles. The lowest BCUT2D eigenvalue weighted by atomic mass is 10.3. The highest BCUT2D eigenvalue weighted by Crippen LogP contribution is 2.17. The average Bonchev–Trinajstić information content (AvgIpc) is 2.77. The van der Waals surface area contributed by atoms with E-state index < -0.39 is 0 Å². The Kier molecular flexibility index (Phi) is 4.79. The first-order valence-corrected chi connectivity index (χ1v) is 7.01. The topological polar surface area (TPSA) is 56.1 Å². The van der Waals surface area contributed by atoms with Crippen LogP contribution >= 0.6 is 15.9 Å². The maximum absolute atomic E-state index is 11.9. The third-order valence-electron chi connectivity index (χ3n) is 2.95. The van der Waals surface area contributed by atoms with Crippen molar-refractivity contribution in [3.05, 3.63) is 40.6 Å². The highest BCUT2D eigenvalue weighted by atomic mass is 79.9. The first-order chi connectivity index (χ1) is 9.60. The zero-order valence-electron chi connectivity index (χ0n) is 11.4. The first-order valence-electron chi connectivity index (χ1n) is 6.22. The molecule has 0 aliphatic heterocycles. The molecule has 0 unspecified atom stereocenters. The second-order valence-corrected chi connectivity index (χ2v) is 5.19. The van der Waals surface area contributed by atoms with Crippen molar-refractivity contribution in [3.63, 3.8) is 0 Å². The number of halogens is 1. The van der Waals surface area contributed by atoms with Crippen LogP contribution in [-0.2, 0) is 11.3 Å². The summed E-state index contributed by atoms with van der Waals surface area (Å²) in [4.78, 5) is 11.9. The Morgan fingerprint density at radius 2 is 2.30 bits per heavy atom. The van der Waals surface area contributed by atoms with Gasteiger partial charge in [0, 0.05) is 23.9 Å². The van der Waals surface area contributed by atoms with Gasteiger partial charge in [-0.05, 0) is 35.0 Å². The zero-order chi connectivity index (χ0) is 14.5. The molecule has 0 spiro atoms. The molecule has 106 valence electrons. The SMILES string of the molecule is COc1cccc(NC(=O)CCn2ncc(Br)c2C)c1. The van der Waals surface area contributed by atoms with Gasteiger partial charge in [0.25, 0.3) is 0 Å². The lowest BCUT2D eigenvalue weighted by molar-refractivity contribution is -0.116. The molecule has 0 bridgehead atoms. The zero-order valence-corrected chi connectivity index (χ0v) is 13.0. The lowest BCUT2D eigenvalue weighted by Gasteiger charge is -2.08. The van der Waals surface area contributed by atoms with E-state index in [1.807, 2.05) is 25.1 Å². The summed E-state index contributed by atoms with van der Waals surface area (Å²) in [5.74, 6) is 0.666. The van der Waals surface area contributed by atoms with Gasteiger partial charge in [-0.3, -0.25) is 9.48 Å². The van der Waals surface area contributed by atoms with Gasteiger partial charge >= 0.3 is 0 Å². The largest absolute Gasteiger partial charge is 0.497 e. The number of amides is 1. The molecule has 0 fully saturated rings. The summed E-state index contributed by atoms with van der Waals surface area (Å²) < 4.78 is 7.86. The first kappa shape index (κ1) is 14.6. The summed E-state index contributed by atoms with van der Waals surface area (Å²) in [6.45, 7) is 2.50. The number of aryl methyl sites for hydroxylation is 1. The van der Waals surface area contributed by atoms with Crippen molar-refractivity contribution in [2.45, 2.75) is 19.9 Å². The van der Waals surface area contributed by atoms with Crippen molar-refractivity contribution in [1.29, 1.82) is 0 Å². The van der Waals surface area contributed by atoms with Crippen LogP contribution in [0.3, 0.4) is 0 Å². The number of hydrogen-bond acceptors (Lipinski definition) is 3. The van der Waals surface area contributed by atoms with Crippen LogP contribution in [0.15, 0.2) is 34.9 Å². The van der Waals surface area contributed by atoms with Gasteiger partial charge in [-0.15, -0.1) is 0 Å². The van der Waals surface area contributed by atoms with Crippen LogP contribution in [-0.4, -0.2) is 22.8 Å². The number of ether oxygens (including phenoxy) is 1. The molecule has 6 heteroatoms. The monoisotopic (exact) mass is 337 g/mol. The van der Waals surface area contributed by atoms with E-state index in [-0.39, 0.29) is 5.91 Å². The van der Waals surface area contributed by atoms with Crippen molar-refractivity contribution in [1.82, 2.24) is 9.78 Å². The van der Waals surface area contributed by atoms with Crippen LogP contribution in [0.4, 0.5) is 5.69 Å². The molecule has 5 nitrogen and oxygen atoms in total. The summed E-state index contributed by atoms with van der Waals surface area (Å²) in [6.07, 6.45) is 2.10. The number of nitrogens with zero attached hydrogens (tertiary/aromatic N) is 2. The number of hydrogen-bond donors (Lipinski definition) is 1. The van der Waals surface area contributed by atoms with Gasteiger partial charge in [-0.1, -0.05) is 6.07 Å². The molecule has 0 atom stereocenters. The van der Waals surface area contributed by atoms with E-state index in [0.29, 0.717) is 13.0 Å². The number of anilines is 1. The Morgan fingerprint density at radius 3 is 2.95 bits per heavy atom. The smallest absolute Gasteiger partial charge is 0.226 e. The molecular weight excluding hydrogens is 322 g/mol. The molecule has 1 N–H and O–H groups in total. The summed E-state index contributed by atoms with van der Waals surface area (Å²) in [5.41, 5.74) is 1.74. The third-order valence-corrected chi connectivity index (χ3v) is 3.73. The molecule has 1 heterocycles. The van der Waals surface area contributed by atoms with Crippen LogP contribution in [0.5, 0.6) is 5.75 Å². The maximum Gasteiger partial charge on any atom is 0.226 e. The fourth-order valence-corrected chi connectivity index (χ4v) is 2.08. The molecule has 1 aromatic heterocycles. The van der Waals surface area contributed by atoms with Crippen molar-refractivity contribution < 1.29 is 9.53 Å². The summed E-state index contributed by atoms with van der Waals surface area (Å²) in [6, 6.07) is 7.29. The average molecular weight is 338 g/mol. The van der Waals surface area contributed by atoms with Gasteiger partial charge in [0.1, 0.15) is 5.75 Å². The number of methoxy groups -OCH3 is 1. The van der Waals surface area contributed by atoms with Crippen LogP contribution < -0.4 is 10.1 Å². The van der Waals surface area contributed by atoms with E-state index in [2.05, 4.69) is 26.3 Å². The Bertz CT molecular complexity index is 610. The lowest BCUT2D eigenvalue weighted by Crippen LogP contribution is -2.15. The van der Waals surface area contributed by atoms with E-state index in [1.54, 1.807) is 24.1 Å². The standard InChI is InChI=1S/C14H16BrN3O2/c1-10-13(15)9-16-18(10)7-6-14(19)17-11-4-3-5-12(8-11)20-2/h3-5,8-9H,6-7H2,1-2H3,(H,17,19). The maximum atomic E-state index is 11.9. The molecule has 0 aliphatic carbocycles. The summed E-state index contributed by atoms with van der Waals surface area (Å²) >= 11 is 3.39. The highest BCUT2D eigenvalue weighted by molar-refractivity contribution is 9.10. The molecule has 20 heavy (non-hydrogen) atoms. The molecule has 2 aromatic rings. The van der Waals surface area contributed by atoms with Crippen LogP contribution in [0.2, 0.25) is 0 Å². The van der Waals surface area contributed by atoms with E-state index in [9.17, 15) is 4.79 Å². The van der Waals surface area contributed by atoms with E-state index in [4.69, 9.17) is 4.74 Å². The number of benzene rings is 1. The molecule has 0 radical (unpaired) electrons. The van der Waals surface area contributed by atoms with Crippen LogP contribution in [0.25, 0.3) is 0 Å². The van der Waals surface area contributed by atoms with Crippen LogP contribution in [0, 0.1) is 6.92 Å². The van der Waals surface area contributed by atoms with Gasteiger partial charge in [0.2, 0.25) is 5.91 Å². The van der Waals surface area contributed by atoms with Crippen LogP contribution in [0.1, 0.15) is 12.1 Å². The third kappa shape index (κ3) is 3.60. The molecule has 1 amide bonds. The number of aromatic nitrogens is 2.